The average Bonchev–Trinajstić information content (AvgIpc) is 2.25. The molecular formula is C10H13ClN2O4S. The zero-order valence-electron chi connectivity index (χ0n) is 9.88. The van der Waals surface area contributed by atoms with E-state index in [9.17, 15) is 18.5 Å². The third kappa shape index (κ3) is 3.85. The molecule has 0 aliphatic carbocycles. The van der Waals surface area contributed by atoms with E-state index in [1.54, 1.807) is 0 Å². The second kappa shape index (κ2) is 5.53. The van der Waals surface area contributed by atoms with Crippen LogP contribution in [0.3, 0.4) is 0 Å². The summed E-state index contributed by atoms with van der Waals surface area (Å²) in [7, 11) is -3.17. The largest absolute Gasteiger partial charge is 0.378 e. The first-order valence-electron chi connectivity index (χ1n) is 5.08. The molecule has 1 N–H and O–H groups in total. The maximum atomic E-state index is 11.2. The number of nitro groups is 1. The van der Waals surface area contributed by atoms with E-state index in [0.29, 0.717) is 0 Å². The molecule has 1 rings (SSSR count). The SMILES string of the molecule is CC(CNc1ccc(Cl)cc1[N+](=O)[O-])S(C)(=O)=O. The standard InChI is InChI=1S/C10H13ClN2O4S/c1-7(18(2,16)17)6-12-9-4-3-8(11)5-10(9)13(14)15/h3-5,7,12H,6H2,1-2H3. The quantitative estimate of drug-likeness (QED) is 0.663. The Kier molecular flexibility index (Phi) is 4.53. The van der Waals surface area contributed by atoms with Gasteiger partial charge in [0.15, 0.2) is 9.84 Å². The Hall–Kier alpha value is -1.34. The van der Waals surface area contributed by atoms with Crippen molar-refractivity contribution in [3.63, 3.8) is 0 Å². The lowest BCUT2D eigenvalue weighted by atomic mass is 10.2. The van der Waals surface area contributed by atoms with E-state index in [1.165, 1.54) is 25.1 Å². The number of nitrogens with one attached hydrogen (secondary N) is 1. The van der Waals surface area contributed by atoms with Gasteiger partial charge in [-0.15, -0.1) is 0 Å². The van der Waals surface area contributed by atoms with E-state index in [2.05, 4.69) is 5.32 Å². The number of sulfone groups is 1. The summed E-state index contributed by atoms with van der Waals surface area (Å²) in [4.78, 5) is 10.2. The third-order valence-corrected chi connectivity index (χ3v) is 4.33. The van der Waals surface area contributed by atoms with Crippen LogP contribution in [0.1, 0.15) is 6.92 Å². The van der Waals surface area contributed by atoms with Crippen LogP contribution in [0.5, 0.6) is 0 Å². The minimum absolute atomic E-state index is 0.0985. The van der Waals surface area contributed by atoms with Crippen molar-refractivity contribution in [3.8, 4) is 0 Å². The molecule has 0 bridgehead atoms. The number of hydrogen-bond acceptors (Lipinski definition) is 5. The van der Waals surface area contributed by atoms with Crippen molar-refractivity contribution in [2.75, 3.05) is 18.1 Å². The zero-order chi connectivity index (χ0) is 13.9. The molecule has 8 heteroatoms. The number of nitrogens with zero attached hydrogens (tertiary/aromatic N) is 1. The molecule has 18 heavy (non-hydrogen) atoms. The van der Waals surface area contributed by atoms with E-state index in [-0.39, 0.29) is 22.9 Å². The lowest BCUT2D eigenvalue weighted by Crippen LogP contribution is -2.25. The lowest BCUT2D eigenvalue weighted by Gasteiger charge is -2.12. The molecule has 6 nitrogen and oxygen atoms in total. The van der Waals surface area contributed by atoms with Crippen LogP contribution in [-0.2, 0) is 9.84 Å². The topological polar surface area (TPSA) is 89.3 Å². The first-order valence-corrected chi connectivity index (χ1v) is 7.41. The van der Waals surface area contributed by atoms with Gasteiger partial charge >= 0.3 is 0 Å². The minimum atomic E-state index is -3.17. The fraction of sp³-hybridized carbons (Fsp3) is 0.400. The Bertz CT molecular complexity index is 559. The molecule has 0 saturated carbocycles. The van der Waals surface area contributed by atoms with Crippen molar-refractivity contribution in [2.45, 2.75) is 12.2 Å². The molecule has 0 spiro atoms. The summed E-state index contributed by atoms with van der Waals surface area (Å²) in [5.74, 6) is 0. The van der Waals surface area contributed by atoms with E-state index in [0.717, 1.165) is 6.26 Å². The Morgan fingerprint density at radius 3 is 2.61 bits per heavy atom. The zero-order valence-corrected chi connectivity index (χ0v) is 11.5. The molecule has 0 aliphatic heterocycles. The molecule has 1 aromatic rings. The van der Waals surface area contributed by atoms with E-state index in [4.69, 9.17) is 11.6 Å². The number of benzene rings is 1. The molecule has 1 atom stereocenters. The van der Waals surface area contributed by atoms with Crippen LogP contribution in [0.2, 0.25) is 5.02 Å². The molecule has 0 saturated heterocycles. The Morgan fingerprint density at radius 2 is 2.11 bits per heavy atom. The van der Waals surface area contributed by atoms with Gasteiger partial charge in [0.1, 0.15) is 5.69 Å². The Balaban J connectivity index is 2.89. The van der Waals surface area contributed by atoms with Crippen LogP contribution in [0.4, 0.5) is 11.4 Å². The number of hydrogen-bond donors (Lipinski definition) is 1. The molecule has 100 valence electrons. The van der Waals surface area contributed by atoms with Crippen LogP contribution < -0.4 is 5.32 Å². The highest BCUT2D eigenvalue weighted by Crippen LogP contribution is 2.27. The van der Waals surface area contributed by atoms with Crippen molar-refractivity contribution in [3.05, 3.63) is 33.3 Å². The van der Waals surface area contributed by atoms with E-state index >= 15 is 0 Å². The molecule has 0 fully saturated rings. The fourth-order valence-electron chi connectivity index (χ4n) is 1.21. The first kappa shape index (κ1) is 14.7. The van der Waals surface area contributed by atoms with Gasteiger partial charge in [0.2, 0.25) is 0 Å². The van der Waals surface area contributed by atoms with Gasteiger partial charge in [-0.3, -0.25) is 10.1 Å². The first-order chi connectivity index (χ1) is 8.21. The molecular weight excluding hydrogens is 280 g/mol. The minimum Gasteiger partial charge on any atom is -0.378 e. The lowest BCUT2D eigenvalue weighted by molar-refractivity contribution is -0.383. The summed E-state index contributed by atoms with van der Waals surface area (Å²) in [6.07, 6.45) is 1.12. The number of anilines is 1. The van der Waals surface area contributed by atoms with Crippen molar-refractivity contribution in [2.24, 2.45) is 0 Å². The van der Waals surface area contributed by atoms with Crippen LogP contribution in [0.15, 0.2) is 18.2 Å². The van der Waals surface area contributed by atoms with Gasteiger partial charge in [0.05, 0.1) is 10.2 Å². The van der Waals surface area contributed by atoms with Gasteiger partial charge in [-0.1, -0.05) is 11.6 Å². The summed E-state index contributed by atoms with van der Waals surface area (Å²) < 4.78 is 22.5. The van der Waals surface area contributed by atoms with Crippen molar-refractivity contribution in [1.29, 1.82) is 0 Å². The summed E-state index contributed by atoms with van der Waals surface area (Å²) in [6.45, 7) is 1.63. The molecule has 1 aromatic carbocycles. The molecule has 0 radical (unpaired) electrons. The maximum Gasteiger partial charge on any atom is 0.293 e. The summed E-state index contributed by atoms with van der Waals surface area (Å²) in [6, 6.07) is 4.17. The van der Waals surface area contributed by atoms with E-state index < -0.39 is 20.0 Å². The van der Waals surface area contributed by atoms with Crippen LogP contribution >= 0.6 is 11.6 Å². The fourth-order valence-corrected chi connectivity index (χ4v) is 1.76. The molecule has 0 aliphatic rings. The number of nitro benzene ring substituents is 1. The predicted octanol–water partition coefficient (Wildman–Crippen LogP) is 2.09. The highest BCUT2D eigenvalue weighted by molar-refractivity contribution is 7.91. The van der Waals surface area contributed by atoms with Crippen molar-refractivity contribution in [1.82, 2.24) is 0 Å². The van der Waals surface area contributed by atoms with Crippen LogP contribution in [0, 0.1) is 10.1 Å². The van der Waals surface area contributed by atoms with Gasteiger partial charge < -0.3 is 5.32 Å². The van der Waals surface area contributed by atoms with Crippen molar-refractivity contribution < 1.29 is 13.3 Å². The molecule has 1 unspecified atom stereocenters. The number of halogens is 1. The summed E-state index contributed by atoms with van der Waals surface area (Å²) in [5.41, 5.74) is 0.0723. The average molecular weight is 293 g/mol. The smallest absolute Gasteiger partial charge is 0.293 e. The van der Waals surface area contributed by atoms with Crippen LogP contribution in [0.25, 0.3) is 0 Å². The van der Waals surface area contributed by atoms with Gasteiger partial charge in [-0.05, 0) is 19.1 Å². The molecule has 0 amide bonds. The summed E-state index contributed by atoms with van der Waals surface area (Å²) >= 11 is 5.67. The second-order valence-corrected chi connectivity index (χ2v) is 6.84. The molecule has 0 aromatic heterocycles. The Morgan fingerprint density at radius 1 is 1.50 bits per heavy atom. The third-order valence-electron chi connectivity index (χ3n) is 2.47. The van der Waals surface area contributed by atoms with Crippen molar-refractivity contribution >= 4 is 32.8 Å². The monoisotopic (exact) mass is 292 g/mol. The maximum absolute atomic E-state index is 11.2. The summed E-state index contributed by atoms with van der Waals surface area (Å²) in [5, 5.41) is 13.2. The van der Waals surface area contributed by atoms with Gasteiger partial charge in [-0.25, -0.2) is 8.42 Å². The molecule has 0 heterocycles. The second-order valence-electron chi connectivity index (χ2n) is 3.94. The normalized spacial score (nSPS) is 13.1. The highest BCUT2D eigenvalue weighted by Gasteiger charge is 2.18. The van der Waals surface area contributed by atoms with Gasteiger partial charge in [0.25, 0.3) is 5.69 Å². The Labute approximate surface area is 110 Å². The van der Waals surface area contributed by atoms with E-state index in [1.807, 2.05) is 0 Å². The van der Waals surface area contributed by atoms with Crippen LogP contribution in [-0.4, -0.2) is 31.4 Å². The highest BCUT2D eigenvalue weighted by atomic mass is 35.5. The number of rotatable bonds is 5. The van der Waals surface area contributed by atoms with Gasteiger partial charge in [0, 0.05) is 23.9 Å². The predicted molar refractivity (Wildman–Crippen MR) is 70.9 cm³/mol. The van der Waals surface area contributed by atoms with Gasteiger partial charge in [-0.2, -0.15) is 0 Å².